The molecule has 0 amide bonds. The van der Waals surface area contributed by atoms with Crippen LogP contribution >= 0.6 is 0 Å². The molecule has 1 rings (SSSR count). The maximum atomic E-state index is 11.6. The highest BCUT2D eigenvalue weighted by Crippen LogP contribution is 1.99. The van der Waals surface area contributed by atoms with E-state index in [2.05, 4.69) is 5.10 Å². The quantitative estimate of drug-likeness (QED) is 0.744. The molecule has 0 aliphatic carbocycles. The van der Waals surface area contributed by atoms with E-state index in [1.165, 1.54) is 4.68 Å². The van der Waals surface area contributed by atoms with Crippen molar-refractivity contribution in [1.82, 2.24) is 9.78 Å². The Balaban J connectivity index is 2.87. The van der Waals surface area contributed by atoms with E-state index in [1.807, 2.05) is 6.92 Å². The van der Waals surface area contributed by atoms with Gasteiger partial charge in [-0.2, -0.15) is 0 Å². The third-order valence-corrected chi connectivity index (χ3v) is 2.23. The van der Waals surface area contributed by atoms with E-state index in [4.69, 9.17) is 4.74 Å². The number of H-pyrrole nitrogens is 1. The molecule has 1 N–H and O–H groups in total. The highest BCUT2D eigenvalue weighted by molar-refractivity contribution is 5.69. The lowest BCUT2D eigenvalue weighted by molar-refractivity contribution is -0.144. The Morgan fingerprint density at radius 2 is 2.13 bits per heavy atom. The summed E-state index contributed by atoms with van der Waals surface area (Å²) in [5, 5.41) is 2.89. The molecular weight excluding hydrogens is 196 g/mol. The van der Waals surface area contributed by atoms with E-state index in [0.29, 0.717) is 12.2 Å². The van der Waals surface area contributed by atoms with Gasteiger partial charge in [0, 0.05) is 11.3 Å². The van der Waals surface area contributed by atoms with Gasteiger partial charge in [-0.25, -0.2) is 4.68 Å². The predicted molar refractivity (Wildman–Crippen MR) is 55.8 cm³/mol. The first-order valence-corrected chi connectivity index (χ1v) is 5.04. The number of aryl methyl sites for hydroxylation is 1. The number of carbonyl (C=O) groups excluding carboxylic acids is 1. The van der Waals surface area contributed by atoms with Crippen LogP contribution in [0.4, 0.5) is 0 Å². The Labute approximate surface area is 88.0 Å². The summed E-state index contributed by atoms with van der Waals surface area (Å²) in [6, 6.07) is 0. The summed E-state index contributed by atoms with van der Waals surface area (Å²) in [6.45, 7) is 5.71. The Kier molecular flexibility index (Phi) is 3.71. The fraction of sp³-hybridized carbons (Fsp3) is 0.600. The van der Waals surface area contributed by atoms with Crippen LogP contribution in [-0.2, 0) is 22.5 Å². The molecule has 0 aromatic carbocycles. The number of nitrogens with one attached hydrogen (secondary N) is 1. The maximum absolute atomic E-state index is 11.6. The molecule has 15 heavy (non-hydrogen) atoms. The number of nitrogens with zero attached hydrogens (tertiary/aromatic N) is 1. The van der Waals surface area contributed by atoms with Gasteiger partial charge in [-0.15, -0.1) is 0 Å². The van der Waals surface area contributed by atoms with Gasteiger partial charge >= 0.3 is 5.97 Å². The smallest absolute Gasteiger partial charge is 0.327 e. The van der Waals surface area contributed by atoms with Crippen LogP contribution < -0.4 is 5.56 Å². The van der Waals surface area contributed by atoms with Crippen LogP contribution in [0.2, 0.25) is 0 Å². The third kappa shape index (κ3) is 2.49. The fourth-order valence-corrected chi connectivity index (χ4v) is 1.42. The standard InChI is InChI=1S/C10H16N2O3/c1-4-8-7(3)10(14)12(11-8)6-9(13)15-5-2/h11H,4-6H2,1-3H3. The number of esters is 1. The minimum atomic E-state index is -0.400. The summed E-state index contributed by atoms with van der Waals surface area (Å²) < 4.78 is 6.05. The minimum absolute atomic E-state index is 0.0481. The topological polar surface area (TPSA) is 64.1 Å². The molecule has 5 nitrogen and oxygen atoms in total. The molecule has 0 bridgehead atoms. The monoisotopic (exact) mass is 212 g/mol. The summed E-state index contributed by atoms with van der Waals surface area (Å²) in [7, 11) is 0. The second kappa shape index (κ2) is 4.82. The number of hydrogen-bond acceptors (Lipinski definition) is 3. The second-order valence-electron chi connectivity index (χ2n) is 3.27. The lowest BCUT2D eigenvalue weighted by Crippen LogP contribution is -2.24. The van der Waals surface area contributed by atoms with Crippen LogP contribution in [0.1, 0.15) is 25.1 Å². The lowest BCUT2D eigenvalue weighted by Gasteiger charge is -2.01. The van der Waals surface area contributed by atoms with Crippen LogP contribution in [0.15, 0.2) is 4.79 Å². The van der Waals surface area contributed by atoms with Gasteiger partial charge in [-0.1, -0.05) is 6.92 Å². The molecule has 0 saturated heterocycles. The SMILES string of the molecule is CCOC(=O)Cn1[nH]c(CC)c(C)c1=O. The summed E-state index contributed by atoms with van der Waals surface area (Å²) >= 11 is 0. The Hall–Kier alpha value is -1.52. The van der Waals surface area contributed by atoms with Crippen LogP contribution in [0.25, 0.3) is 0 Å². The van der Waals surface area contributed by atoms with Gasteiger partial charge in [0.25, 0.3) is 5.56 Å². The normalized spacial score (nSPS) is 10.3. The lowest BCUT2D eigenvalue weighted by atomic mass is 10.2. The second-order valence-corrected chi connectivity index (χ2v) is 3.27. The zero-order chi connectivity index (χ0) is 11.4. The number of hydrogen-bond donors (Lipinski definition) is 1. The first-order chi connectivity index (χ1) is 7.10. The van der Waals surface area contributed by atoms with Crippen molar-refractivity contribution in [1.29, 1.82) is 0 Å². The first kappa shape index (κ1) is 11.6. The van der Waals surface area contributed by atoms with Gasteiger partial charge in [0.1, 0.15) is 6.54 Å². The van der Waals surface area contributed by atoms with E-state index in [-0.39, 0.29) is 12.1 Å². The molecule has 84 valence electrons. The molecule has 0 aliphatic heterocycles. The van der Waals surface area contributed by atoms with Crippen molar-refractivity contribution in [3.8, 4) is 0 Å². The summed E-state index contributed by atoms with van der Waals surface area (Å²) in [5.41, 5.74) is 1.38. The molecule has 0 unspecified atom stereocenters. The first-order valence-electron chi connectivity index (χ1n) is 5.04. The Morgan fingerprint density at radius 3 is 2.60 bits per heavy atom. The number of carbonyl (C=O) groups is 1. The van der Waals surface area contributed by atoms with Crippen molar-refractivity contribution in [2.45, 2.75) is 33.7 Å². The zero-order valence-electron chi connectivity index (χ0n) is 9.29. The van der Waals surface area contributed by atoms with Crippen molar-refractivity contribution in [3.05, 3.63) is 21.6 Å². The van der Waals surface area contributed by atoms with Gasteiger partial charge in [0.15, 0.2) is 0 Å². The zero-order valence-corrected chi connectivity index (χ0v) is 9.29. The van der Waals surface area contributed by atoms with Crippen molar-refractivity contribution >= 4 is 5.97 Å². The van der Waals surface area contributed by atoms with E-state index in [1.54, 1.807) is 13.8 Å². The van der Waals surface area contributed by atoms with Crippen molar-refractivity contribution in [2.24, 2.45) is 0 Å². The van der Waals surface area contributed by atoms with Crippen molar-refractivity contribution < 1.29 is 9.53 Å². The van der Waals surface area contributed by atoms with Crippen molar-refractivity contribution in [2.75, 3.05) is 6.61 Å². The average molecular weight is 212 g/mol. The van der Waals surface area contributed by atoms with Crippen LogP contribution in [0, 0.1) is 6.92 Å². The average Bonchev–Trinajstić information content (AvgIpc) is 2.46. The molecule has 0 fully saturated rings. The molecule has 0 spiro atoms. The van der Waals surface area contributed by atoms with Crippen LogP contribution in [0.5, 0.6) is 0 Å². The van der Waals surface area contributed by atoms with E-state index in [0.717, 1.165) is 12.1 Å². The molecule has 1 aromatic rings. The third-order valence-electron chi connectivity index (χ3n) is 2.23. The fourth-order valence-electron chi connectivity index (χ4n) is 1.42. The van der Waals surface area contributed by atoms with Crippen LogP contribution in [0.3, 0.4) is 0 Å². The van der Waals surface area contributed by atoms with Crippen LogP contribution in [-0.4, -0.2) is 22.4 Å². The highest BCUT2D eigenvalue weighted by Gasteiger charge is 2.11. The summed E-state index contributed by atoms with van der Waals surface area (Å²) in [6.07, 6.45) is 0.747. The van der Waals surface area contributed by atoms with Gasteiger partial charge in [0.05, 0.1) is 6.61 Å². The molecule has 5 heteroatoms. The predicted octanol–water partition coefficient (Wildman–Crippen LogP) is 0.610. The molecule has 0 atom stereocenters. The molecule has 1 heterocycles. The van der Waals surface area contributed by atoms with Gasteiger partial charge < -0.3 is 4.74 Å². The molecule has 0 radical (unpaired) electrons. The number of ether oxygens (including phenoxy) is 1. The maximum Gasteiger partial charge on any atom is 0.327 e. The molecule has 0 saturated carbocycles. The summed E-state index contributed by atoms with van der Waals surface area (Å²) in [4.78, 5) is 22.8. The number of aromatic nitrogens is 2. The number of aromatic amines is 1. The largest absolute Gasteiger partial charge is 0.465 e. The highest BCUT2D eigenvalue weighted by atomic mass is 16.5. The Morgan fingerprint density at radius 1 is 1.47 bits per heavy atom. The summed E-state index contributed by atoms with van der Waals surface area (Å²) in [5.74, 6) is -0.400. The van der Waals surface area contributed by atoms with E-state index >= 15 is 0 Å². The Bertz CT molecular complexity index is 403. The van der Waals surface area contributed by atoms with Crippen molar-refractivity contribution in [3.63, 3.8) is 0 Å². The van der Waals surface area contributed by atoms with E-state index in [9.17, 15) is 9.59 Å². The molecule has 1 aromatic heterocycles. The number of rotatable bonds is 4. The molecule has 0 aliphatic rings. The van der Waals surface area contributed by atoms with Gasteiger partial charge in [-0.3, -0.25) is 14.7 Å². The van der Waals surface area contributed by atoms with Gasteiger partial charge in [-0.05, 0) is 20.3 Å². The van der Waals surface area contributed by atoms with E-state index < -0.39 is 5.97 Å². The van der Waals surface area contributed by atoms with Gasteiger partial charge in [0.2, 0.25) is 0 Å². The minimum Gasteiger partial charge on any atom is -0.465 e. The molecular formula is C10H16N2O3.